The zero-order valence-corrected chi connectivity index (χ0v) is 19.9. The molecule has 9 heteroatoms. The van der Waals surface area contributed by atoms with Gasteiger partial charge in [0.25, 0.3) is 0 Å². The van der Waals surface area contributed by atoms with Crippen molar-refractivity contribution in [3.05, 3.63) is 54.1 Å². The van der Waals surface area contributed by atoms with E-state index in [-0.39, 0.29) is 17.6 Å². The number of amides is 1. The van der Waals surface area contributed by atoms with Gasteiger partial charge in [-0.1, -0.05) is 25.1 Å². The van der Waals surface area contributed by atoms with E-state index in [0.717, 1.165) is 24.2 Å². The molecule has 1 N–H and O–H groups in total. The van der Waals surface area contributed by atoms with Gasteiger partial charge in [-0.25, -0.2) is 4.79 Å². The molecule has 0 bridgehead atoms. The van der Waals surface area contributed by atoms with Crippen LogP contribution in [0.4, 0.5) is 5.69 Å². The zero-order chi connectivity index (χ0) is 23.6. The Morgan fingerprint density at radius 2 is 1.76 bits per heavy atom. The van der Waals surface area contributed by atoms with Crippen molar-refractivity contribution >= 4 is 29.3 Å². The van der Waals surface area contributed by atoms with E-state index < -0.39 is 0 Å². The molecule has 0 saturated heterocycles. The molecular weight excluding hydrogens is 440 g/mol. The van der Waals surface area contributed by atoms with Crippen LogP contribution in [0.15, 0.2) is 53.7 Å². The number of hydrogen-bond acceptors (Lipinski definition) is 7. The minimum Gasteiger partial charge on any atom is -0.494 e. The Kier molecular flexibility index (Phi) is 8.88. The van der Waals surface area contributed by atoms with Crippen LogP contribution >= 0.6 is 11.8 Å². The van der Waals surface area contributed by atoms with Crippen molar-refractivity contribution in [2.75, 3.05) is 24.3 Å². The number of aromatic nitrogens is 3. The van der Waals surface area contributed by atoms with Crippen molar-refractivity contribution < 1.29 is 19.1 Å². The molecule has 1 amide bonds. The topological polar surface area (TPSA) is 95.3 Å². The number of benzene rings is 2. The van der Waals surface area contributed by atoms with Crippen molar-refractivity contribution in [3.8, 4) is 17.1 Å². The molecule has 33 heavy (non-hydrogen) atoms. The van der Waals surface area contributed by atoms with Crippen molar-refractivity contribution in [3.63, 3.8) is 0 Å². The van der Waals surface area contributed by atoms with Crippen molar-refractivity contribution in [2.45, 2.75) is 31.8 Å². The zero-order valence-electron chi connectivity index (χ0n) is 19.0. The second-order valence-electron chi connectivity index (χ2n) is 7.23. The first-order valence-electron chi connectivity index (χ1n) is 10.8. The Hall–Kier alpha value is -3.33. The standard InChI is InChI=1S/C24H28N4O4S/c1-4-6-15-32-20-13-9-17(10-14-20)22-26-27-24(28(22)3)33-16-21(29)25-19-11-7-18(8-12-19)23(30)31-5-2/h7-14H,4-6,15-16H2,1-3H3,(H,25,29). The highest BCUT2D eigenvalue weighted by Crippen LogP contribution is 2.25. The molecule has 0 radical (unpaired) electrons. The maximum atomic E-state index is 12.3. The lowest BCUT2D eigenvalue weighted by Gasteiger charge is -2.08. The van der Waals surface area contributed by atoms with Gasteiger partial charge in [0, 0.05) is 18.3 Å². The normalized spacial score (nSPS) is 10.6. The highest BCUT2D eigenvalue weighted by atomic mass is 32.2. The van der Waals surface area contributed by atoms with Crippen LogP contribution in [0.2, 0.25) is 0 Å². The Labute approximate surface area is 197 Å². The van der Waals surface area contributed by atoms with Crippen molar-refractivity contribution in [1.82, 2.24) is 14.8 Å². The number of carbonyl (C=O) groups excluding carboxylic acids is 2. The maximum absolute atomic E-state index is 12.3. The Balaban J connectivity index is 1.54. The summed E-state index contributed by atoms with van der Waals surface area (Å²) in [5, 5.41) is 11.9. The summed E-state index contributed by atoms with van der Waals surface area (Å²) in [5.74, 6) is 1.16. The van der Waals surface area contributed by atoms with E-state index in [1.54, 1.807) is 31.2 Å². The lowest BCUT2D eigenvalue weighted by Crippen LogP contribution is -2.14. The number of rotatable bonds is 11. The molecule has 174 valence electrons. The number of esters is 1. The number of thioether (sulfide) groups is 1. The van der Waals surface area contributed by atoms with E-state index in [4.69, 9.17) is 9.47 Å². The number of anilines is 1. The van der Waals surface area contributed by atoms with Crippen molar-refractivity contribution in [2.24, 2.45) is 7.05 Å². The van der Waals surface area contributed by atoms with E-state index in [2.05, 4.69) is 22.4 Å². The Bertz CT molecular complexity index is 1070. The molecular formula is C24H28N4O4S. The van der Waals surface area contributed by atoms with Crippen LogP contribution in [0.3, 0.4) is 0 Å². The van der Waals surface area contributed by atoms with Gasteiger partial charge in [0.2, 0.25) is 5.91 Å². The second-order valence-corrected chi connectivity index (χ2v) is 8.17. The van der Waals surface area contributed by atoms with Crippen LogP contribution in [0.5, 0.6) is 5.75 Å². The molecule has 0 unspecified atom stereocenters. The molecule has 0 saturated carbocycles. The summed E-state index contributed by atoms with van der Waals surface area (Å²) in [5.41, 5.74) is 1.97. The smallest absolute Gasteiger partial charge is 0.338 e. The largest absolute Gasteiger partial charge is 0.494 e. The van der Waals surface area contributed by atoms with Gasteiger partial charge in [-0.15, -0.1) is 10.2 Å². The highest BCUT2D eigenvalue weighted by molar-refractivity contribution is 7.99. The number of hydrogen-bond donors (Lipinski definition) is 1. The van der Waals surface area contributed by atoms with Gasteiger partial charge in [0.05, 0.1) is 24.5 Å². The van der Waals surface area contributed by atoms with E-state index in [0.29, 0.717) is 35.4 Å². The predicted molar refractivity (Wildman–Crippen MR) is 129 cm³/mol. The highest BCUT2D eigenvalue weighted by Gasteiger charge is 2.14. The molecule has 8 nitrogen and oxygen atoms in total. The quantitative estimate of drug-likeness (QED) is 0.250. The van der Waals surface area contributed by atoms with Gasteiger partial charge in [-0.2, -0.15) is 0 Å². The first-order valence-corrected chi connectivity index (χ1v) is 11.8. The Morgan fingerprint density at radius 3 is 2.42 bits per heavy atom. The summed E-state index contributed by atoms with van der Waals surface area (Å²) < 4.78 is 12.5. The molecule has 1 heterocycles. The van der Waals surface area contributed by atoms with Gasteiger partial charge >= 0.3 is 5.97 Å². The minimum absolute atomic E-state index is 0.176. The summed E-state index contributed by atoms with van der Waals surface area (Å²) in [6.45, 7) is 4.91. The fourth-order valence-corrected chi connectivity index (χ4v) is 3.67. The third-order valence-electron chi connectivity index (χ3n) is 4.73. The number of ether oxygens (including phenoxy) is 2. The van der Waals surface area contributed by atoms with E-state index in [1.165, 1.54) is 11.8 Å². The Morgan fingerprint density at radius 1 is 1.03 bits per heavy atom. The molecule has 0 aliphatic rings. The number of nitrogens with zero attached hydrogens (tertiary/aromatic N) is 3. The van der Waals surface area contributed by atoms with Crippen LogP contribution in [0.25, 0.3) is 11.4 Å². The first kappa shape index (κ1) is 24.3. The predicted octanol–water partition coefficient (Wildman–Crippen LogP) is 4.57. The molecule has 3 rings (SSSR count). The van der Waals surface area contributed by atoms with Gasteiger partial charge in [0.1, 0.15) is 5.75 Å². The van der Waals surface area contributed by atoms with Crippen LogP contribution < -0.4 is 10.1 Å². The number of nitrogens with one attached hydrogen (secondary N) is 1. The van der Waals surface area contributed by atoms with Crippen LogP contribution in [-0.2, 0) is 16.6 Å². The maximum Gasteiger partial charge on any atom is 0.338 e. The molecule has 0 spiro atoms. The SMILES string of the molecule is CCCCOc1ccc(-c2nnc(SCC(=O)Nc3ccc(C(=O)OCC)cc3)n2C)cc1. The lowest BCUT2D eigenvalue weighted by atomic mass is 10.2. The van der Waals surface area contributed by atoms with Crippen molar-refractivity contribution in [1.29, 1.82) is 0 Å². The number of unbranched alkanes of at least 4 members (excludes halogenated alkanes) is 1. The average Bonchev–Trinajstić information content (AvgIpc) is 3.19. The first-order chi connectivity index (χ1) is 16.0. The van der Waals surface area contributed by atoms with Gasteiger partial charge < -0.3 is 19.4 Å². The fourth-order valence-electron chi connectivity index (χ4n) is 2.96. The van der Waals surface area contributed by atoms with Gasteiger partial charge in [-0.05, 0) is 61.9 Å². The molecule has 0 atom stereocenters. The van der Waals surface area contributed by atoms with E-state index in [1.807, 2.05) is 35.9 Å². The third kappa shape index (κ3) is 6.82. The summed E-state index contributed by atoms with van der Waals surface area (Å²) in [6, 6.07) is 14.3. The fraction of sp³-hybridized carbons (Fsp3) is 0.333. The molecule has 3 aromatic rings. The van der Waals surface area contributed by atoms with E-state index >= 15 is 0 Å². The summed E-state index contributed by atoms with van der Waals surface area (Å²) in [7, 11) is 1.87. The van der Waals surface area contributed by atoms with Gasteiger partial charge in [0.15, 0.2) is 11.0 Å². The molecule has 2 aromatic carbocycles. The molecule has 1 aromatic heterocycles. The van der Waals surface area contributed by atoms with Crippen LogP contribution in [-0.4, -0.2) is 45.6 Å². The summed E-state index contributed by atoms with van der Waals surface area (Å²) in [6.07, 6.45) is 2.12. The summed E-state index contributed by atoms with van der Waals surface area (Å²) >= 11 is 1.30. The van der Waals surface area contributed by atoms with Crippen LogP contribution in [0, 0.1) is 0 Å². The summed E-state index contributed by atoms with van der Waals surface area (Å²) in [4.78, 5) is 24.1. The number of carbonyl (C=O) groups is 2. The minimum atomic E-state index is -0.386. The van der Waals surface area contributed by atoms with Gasteiger partial charge in [-0.3, -0.25) is 4.79 Å². The molecule has 0 fully saturated rings. The van der Waals surface area contributed by atoms with Crippen LogP contribution in [0.1, 0.15) is 37.0 Å². The average molecular weight is 469 g/mol. The monoisotopic (exact) mass is 468 g/mol. The van der Waals surface area contributed by atoms with E-state index in [9.17, 15) is 9.59 Å². The lowest BCUT2D eigenvalue weighted by molar-refractivity contribution is -0.113. The molecule has 0 aliphatic carbocycles. The molecule has 0 aliphatic heterocycles. The third-order valence-corrected chi connectivity index (χ3v) is 5.75. The second kappa shape index (κ2) is 12.1.